The van der Waals surface area contributed by atoms with Gasteiger partial charge in [-0.2, -0.15) is 0 Å². The Morgan fingerprint density at radius 3 is 2.03 bits per heavy atom. The van der Waals surface area contributed by atoms with Crippen molar-refractivity contribution in [2.75, 3.05) is 13.1 Å². The molecule has 0 bridgehead atoms. The Balaban J connectivity index is 1.80. The lowest BCUT2D eigenvalue weighted by Gasteiger charge is -2.24. The summed E-state index contributed by atoms with van der Waals surface area (Å²) in [5.41, 5.74) is 0.341. The van der Waals surface area contributed by atoms with E-state index in [4.69, 9.17) is 4.74 Å². The molecule has 0 fully saturated rings. The monoisotopic (exact) mass is 525 g/mol. The van der Waals surface area contributed by atoms with Gasteiger partial charge in [0.25, 0.3) is 15.7 Å². The third-order valence-corrected chi connectivity index (χ3v) is 6.99. The molecule has 194 valence electrons. The molecule has 0 saturated heterocycles. The number of carbonyl (C=O) groups is 2. The number of hydrogen-bond acceptors (Lipinski definition) is 7. The average molecular weight is 526 g/mol. The Morgan fingerprint density at radius 2 is 1.49 bits per heavy atom. The summed E-state index contributed by atoms with van der Waals surface area (Å²) in [5, 5.41) is 10.9. The van der Waals surface area contributed by atoms with E-state index in [-0.39, 0.29) is 17.0 Å². The summed E-state index contributed by atoms with van der Waals surface area (Å²) in [7, 11) is -4.29. The zero-order valence-corrected chi connectivity index (χ0v) is 21.2. The van der Waals surface area contributed by atoms with E-state index < -0.39 is 32.7 Å². The van der Waals surface area contributed by atoms with Crippen LogP contribution in [0.25, 0.3) is 0 Å². The molecule has 3 aromatic rings. The number of para-hydroxylation sites is 1. The number of hydrogen-bond donors (Lipinski definition) is 1. The van der Waals surface area contributed by atoms with Crippen LogP contribution in [0.3, 0.4) is 0 Å². The number of benzene rings is 3. The number of carbonyl (C=O) groups excluding carboxylic acids is 2. The van der Waals surface area contributed by atoms with Crippen molar-refractivity contribution in [2.24, 2.45) is 5.92 Å². The molecule has 2 amide bonds. The van der Waals surface area contributed by atoms with Crippen molar-refractivity contribution in [3.05, 3.63) is 94.5 Å². The highest BCUT2D eigenvalue weighted by Crippen LogP contribution is 2.23. The maximum Gasteiger partial charge on any atom is 0.269 e. The molecule has 1 N–H and O–H groups in total. The Morgan fingerprint density at radius 1 is 0.919 bits per heavy atom. The Bertz CT molecular complexity index is 1340. The lowest BCUT2D eigenvalue weighted by Crippen LogP contribution is -2.46. The molecule has 11 heteroatoms. The van der Waals surface area contributed by atoms with Crippen LogP contribution < -0.4 is 9.46 Å². The fraction of sp³-hybridized carbons (Fsp3) is 0.231. The lowest BCUT2D eigenvalue weighted by atomic mass is 9.97. The minimum atomic E-state index is -4.29. The predicted octanol–water partition coefficient (Wildman–Crippen LogP) is 3.92. The summed E-state index contributed by atoms with van der Waals surface area (Å²) < 4.78 is 33.6. The Labute approximate surface area is 215 Å². The van der Waals surface area contributed by atoms with Crippen LogP contribution in [0.15, 0.2) is 83.8 Å². The first-order chi connectivity index (χ1) is 17.6. The molecule has 0 aliphatic carbocycles. The number of nitrogens with zero attached hydrogens (tertiary/aromatic N) is 2. The minimum absolute atomic E-state index is 0.126. The van der Waals surface area contributed by atoms with Crippen molar-refractivity contribution < 1.29 is 27.7 Å². The molecule has 3 rings (SSSR count). The Hall–Kier alpha value is -4.25. The molecule has 37 heavy (non-hydrogen) atoms. The van der Waals surface area contributed by atoms with Crippen molar-refractivity contribution in [3.63, 3.8) is 0 Å². The molecule has 10 nitrogen and oxygen atoms in total. The predicted molar refractivity (Wildman–Crippen MR) is 137 cm³/mol. The highest BCUT2D eigenvalue weighted by atomic mass is 32.2. The first-order valence-electron chi connectivity index (χ1n) is 11.6. The van der Waals surface area contributed by atoms with Crippen molar-refractivity contribution in [3.8, 4) is 11.5 Å². The highest BCUT2D eigenvalue weighted by molar-refractivity contribution is 7.90. The van der Waals surface area contributed by atoms with E-state index in [1.165, 1.54) is 53.4 Å². The van der Waals surface area contributed by atoms with Gasteiger partial charge in [-0.15, -0.1) is 0 Å². The van der Waals surface area contributed by atoms with Gasteiger partial charge in [0.15, 0.2) is 0 Å². The van der Waals surface area contributed by atoms with Gasteiger partial charge < -0.3 is 9.64 Å². The van der Waals surface area contributed by atoms with Crippen LogP contribution in [-0.4, -0.2) is 43.1 Å². The lowest BCUT2D eigenvalue weighted by molar-refractivity contribution is -0.384. The summed E-state index contributed by atoms with van der Waals surface area (Å²) >= 11 is 0. The number of nitrogens with one attached hydrogen (secondary N) is 1. The molecular weight excluding hydrogens is 498 g/mol. The van der Waals surface area contributed by atoms with Crippen LogP contribution in [0.4, 0.5) is 5.69 Å². The van der Waals surface area contributed by atoms with Crippen LogP contribution in [0, 0.1) is 16.0 Å². The third-order valence-electron chi connectivity index (χ3n) is 5.62. The number of non-ortho nitro benzene ring substituents is 1. The number of nitro benzene ring substituents is 1. The molecule has 0 radical (unpaired) electrons. The van der Waals surface area contributed by atoms with Gasteiger partial charge in [0.1, 0.15) is 17.4 Å². The Kier molecular flexibility index (Phi) is 8.96. The molecule has 3 aromatic carbocycles. The maximum absolute atomic E-state index is 13.1. The number of nitro groups is 1. The van der Waals surface area contributed by atoms with Gasteiger partial charge in [-0.25, -0.2) is 13.1 Å². The maximum atomic E-state index is 13.1. The number of rotatable bonds is 11. The number of amides is 2. The second kappa shape index (κ2) is 12.1. The van der Waals surface area contributed by atoms with Crippen molar-refractivity contribution in [2.45, 2.75) is 25.2 Å². The minimum Gasteiger partial charge on any atom is -0.457 e. The average Bonchev–Trinajstić information content (AvgIpc) is 2.88. The summed E-state index contributed by atoms with van der Waals surface area (Å²) in [6, 6.07) is 19.9. The molecule has 1 atom stereocenters. The molecule has 0 heterocycles. The zero-order chi connectivity index (χ0) is 27.0. The van der Waals surface area contributed by atoms with Gasteiger partial charge in [-0.05, 0) is 62.2 Å². The van der Waals surface area contributed by atoms with E-state index in [1.54, 1.807) is 38.1 Å². The molecule has 0 aliphatic rings. The summed E-state index contributed by atoms with van der Waals surface area (Å²) in [4.78, 5) is 37.9. The molecule has 0 aromatic heterocycles. The molecule has 1 unspecified atom stereocenters. The number of ether oxygens (including phenoxy) is 1. The van der Waals surface area contributed by atoms with E-state index in [1.807, 2.05) is 10.8 Å². The van der Waals surface area contributed by atoms with Crippen LogP contribution in [0.1, 0.15) is 19.4 Å². The van der Waals surface area contributed by atoms with Gasteiger partial charge in [-0.1, -0.05) is 30.3 Å². The first kappa shape index (κ1) is 27.3. The molecule has 0 saturated carbocycles. The van der Waals surface area contributed by atoms with Gasteiger partial charge in [0.05, 0.1) is 9.82 Å². The van der Waals surface area contributed by atoms with Crippen LogP contribution in [0.2, 0.25) is 0 Å². The largest absolute Gasteiger partial charge is 0.457 e. The van der Waals surface area contributed by atoms with E-state index in [2.05, 4.69) is 0 Å². The SMILES string of the molecule is CCN(CC)C(=O)C(Cc1ccc([N+](=O)[O-])cc1)C(=O)NS(=O)(=O)c1ccc(Oc2ccccc2)cc1. The van der Waals surface area contributed by atoms with E-state index in [0.29, 0.717) is 30.2 Å². The van der Waals surface area contributed by atoms with E-state index in [0.717, 1.165) is 0 Å². The number of sulfonamides is 1. The third kappa shape index (κ3) is 7.14. The molecular formula is C26H27N3O7S. The summed E-state index contributed by atoms with van der Waals surface area (Å²) in [6.45, 7) is 4.15. The summed E-state index contributed by atoms with van der Waals surface area (Å²) in [6.07, 6.45) is -0.126. The second-order valence-corrected chi connectivity index (χ2v) is 9.73. The first-order valence-corrected chi connectivity index (χ1v) is 13.0. The molecule has 0 spiro atoms. The molecule has 0 aliphatic heterocycles. The topological polar surface area (TPSA) is 136 Å². The van der Waals surface area contributed by atoms with Crippen LogP contribution in [-0.2, 0) is 26.0 Å². The quantitative estimate of drug-likeness (QED) is 0.228. The highest BCUT2D eigenvalue weighted by Gasteiger charge is 2.33. The summed E-state index contributed by atoms with van der Waals surface area (Å²) in [5.74, 6) is -1.89. The fourth-order valence-corrected chi connectivity index (χ4v) is 4.63. The van der Waals surface area contributed by atoms with E-state index in [9.17, 15) is 28.1 Å². The fourth-order valence-electron chi connectivity index (χ4n) is 3.61. The van der Waals surface area contributed by atoms with Crippen molar-refractivity contribution in [1.29, 1.82) is 0 Å². The van der Waals surface area contributed by atoms with E-state index >= 15 is 0 Å². The smallest absolute Gasteiger partial charge is 0.269 e. The normalized spacial score (nSPS) is 11.8. The van der Waals surface area contributed by atoms with Crippen molar-refractivity contribution in [1.82, 2.24) is 9.62 Å². The van der Waals surface area contributed by atoms with Crippen LogP contribution in [0.5, 0.6) is 11.5 Å². The van der Waals surface area contributed by atoms with Gasteiger partial charge in [0.2, 0.25) is 11.8 Å². The van der Waals surface area contributed by atoms with Crippen LogP contribution >= 0.6 is 0 Å². The zero-order valence-electron chi connectivity index (χ0n) is 20.4. The van der Waals surface area contributed by atoms with Gasteiger partial charge >= 0.3 is 0 Å². The standard InChI is InChI=1S/C26H27N3O7S/c1-3-28(4-2)26(31)24(18-19-10-12-20(13-11-19)29(32)33)25(30)27-37(34,35)23-16-14-22(15-17-23)36-21-8-6-5-7-9-21/h5-17,24H,3-4,18H2,1-2H3,(H,27,30). The van der Waals surface area contributed by atoms with Gasteiger partial charge in [0, 0.05) is 25.2 Å². The van der Waals surface area contributed by atoms with Crippen molar-refractivity contribution >= 4 is 27.5 Å². The second-order valence-electron chi connectivity index (χ2n) is 8.05. The van der Waals surface area contributed by atoms with Gasteiger partial charge in [-0.3, -0.25) is 19.7 Å².